The van der Waals surface area contributed by atoms with E-state index < -0.39 is 0 Å². The van der Waals surface area contributed by atoms with Crippen LogP contribution in [0.2, 0.25) is 0 Å². The molecule has 1 aromatic carbocycles. The molecular weight excluding hydrogens is 251 g/mol. The maximum atomic E-state index is 13.2. The fourth-order valence-corrected chi connectivity index (χ4v) is 2.69. The summed E-state index contributed by atoms with van der Waals surface area (Å²) in [5.41, 5.74) is 1.76. The Labute approximate surface area is 111 Å². The van der Waals surface area contributed by atoms with E-state index in [1.54, 1.807) is 0 Å². The summed E-state index contributed by atoms with van der Waals surface area (Å²) in [7, 11) is 0. The lowest BCUT2D eigenvalue weighted by atomic mass is 10.3. The lowest BCUT2D eigenvalue weighted by Crippen LogP contribution is -2.06. The number of fused-ring (bicyclic) bond motifs is 1. The Morgan fingerprint density at radius 3 is 2.94 bits per heavy atom. The van der Waals surface area contributed by atoms with Crippen molar-refractivity contribution in [3.8, 4) is 0 Å². The van der Waals surface area contributed by atoms with Gasteiger partial charge >= 0.3 is 0 Å². The fraction of sp³-hybridized carbons (Fsp3) is 0.500. The number of aromatic nitrogens is 2. The highest BCUT2D eigenvalue weighted by Gasteiger charge is 2.33. The monoisotopic (exact) mass is 266 g/mol. The van der Waals surface area contributed by atoms with Gasteiger partial charge in [-0.25, -0.2) is 9.37 Å². The van der Waals surface area contributed by atoms with Crippen LogP contribution in [0.3, 0.4) is 0 Å². The highest BCUT2D eigenvalue weighted by atomic mass is 35.5. The number of hydrogen-bond acceptors (Lipinski definition) is 1. The molecule has 0 amide bonds. The summed E-state index contributed by atoms with van der Waals surface area (Å²) in [6, 6.07) is 4.82. The van der Waals surface area contributed by atoms with Crippen molar-refractivity contribution < 1.29 is 4.39 Å². The third-order valence-corrected chi connectivity index (χ3v) is 3.99. The van der Waals surface area contributed by atoms with E-state index in [4.69, 9.17) is 11.6 Å². The van der Waals surface area contributed by atoms with E-state index in [1.807, 2.05) is 6.07 Å². The first-order valence-corrected chi connectivity index (χ1v) is 6.93. The second-order valence-electron chi connectivity index (χ2n) is 5.18. The second kappa shape index (κ2) is 4.54. The van der Waals surface area contributed by atoms with Gasteiger partial charge in [-0.05, 0) is 30.4 Å². The van der Waals surface area contributed by atoms with Crippen LogP contribution in [-0.2, 0) is 13.0 Å². The van der Waals surface area contributed by atoms with E-state index in [1.165, 1.54) is 18.6 Å². The average Bonchev–Trinajstić information content (AvgIpc) is 2.92. The van der Waals surface area contributed by atoms with Crippen LogP contribution in [-0.4, -0.2) is 15.4 Å². The Bertz CT molecular complexity index is 578. The van der Waals surface area contributed by atoms with E-state index in [-0.39, 0.29) is 5.82 Å². The average molecular weight is 267 g/mol. The molecule has 0 saturated heterocycles. The quantitative estimate of drug-likeness (QED) is 0.773. The normalized spacial score (nSPS) is 22.6. The van der Waals surface area contributed by atoms with Crippen LogP contribution in [0.1, 0.15) is 19.2 Å². The van der Waals surface area contributed by atoms with Gasteiger partial charge in [0.25, 0.3) is 0 Å². The van der Waals surface area contributed by atoms with Gasteiger partial charge in [0.05, 0.1) is 11.0 Å². The fourth-order valence-electron chi connectivity index (χ4n) is 2.52. The Morgan fingerprint density at radius 1 is 1.50 bits per heavy atom. The van der Waals surface area contributed by atoms with Crippen molar-refractivity contribution in [3.63, 3.8) is 0 Å². The van der Waals surface area contributed by atoms with E-state index >= 15 is 0 Å². The number of halogens is 2. The molecule has 1 saturated carbocycles. The third kappa shape index (κ3) is 2.12. The van der Waals surface area contributed by atoms with E-state index in [0.717, 1.165) is 41.7 Å². The summed E-state index contributed by atoms with van der Waals surface area (Å²) in [5, 5.41) is 0. The Hall–Kier alpha value is -1.09. The highest BCUT2D eigenvalue weighted by molar-refractivity contribution is 6.17. The molecule has 1 aliphatic rings. The van der Waals surface area contributed by atoms with Crippen LogP contribution in [0, 0.1) is 17.7 Å². The standard InChI is InChI=1S/C14H16ClFN2/c1-9-6-10(9)8-18-13-3-2-11(16)7-12(13)17-14(18)4-5-15/h2-3,7,9-10H,4-6,8H2,1H3. The van der Waals surface area contributed by atoms with Crippen molar-refractivity contribution in [3.05, 3.63) is 29.8 Å². The molecule has 2 aromatic rings. The zero-order valence-electron chi connectivity index (χ0n) is 10.4. The van der Waals surface area contributed by atoms with Crippen LogP contribution in [0.5, 0.6) is 0 Å². The zero-order chi connectivity index (χ0) is 12.7. The number of rotatable bonds is 4. The van der Waals surface area contributed by atoms with Crippen LogP contribution >= 0.6 is 11.6 Å². The third-order valence-electron chi connectivity index (χ3n) is 3.80. The number of nitrogens with zero attached hydrogens (tertiary/aromatic N) is 2. The molecule has 2 unspecified atom stereocenters. The van der Waals surface area contributed by atoms with E-state index in [0.29, 0.717) is 5.88 Å². The smallest absolute Gasteiger partial charge is 0.125 e. The van der Waals surface area contributed by atoms with Gasteiger partial charge in [-0.2, -0.15) is 0 Å². The number of hydrogen-bond donors (Lipinski definition) is 0. The lowest BCUT2D eigenvalue weighted by Gasteiger charge is -2.07. The first kappa shape index (κ1) is 12.0. The highest BCUT2D eigenvalue weighted by Crippen LogP contribution is 2.39. The SMILES string of the molecule is CC1CC1Cn1c(CCCl)nc2cc(F)ccc21. The van der Waals surface area contributed by atoms with E-state index in [2.05, 4.69) is 16.5 Å². The predicted molar refractivity (Wildman–Crippen MR) is 71.4 cm³/mol. The molecular formula is C14H16ClFN2. The van der Waals surface area contributed by atoms with Gasteiger partial charge in [-0.15, -0.1) is 11.6 Å². The molecule has 1 aliphatic carbocycles. The van der Waals surface area contributed by atoms with Crippen LogP contribution in [0.4, 0.5) is 4.39 Å². The zero-order valence-corrected chi connectivity index (χ0v) is 11.1. The van der Waals surface area contributed by atoms with Gasteiger partial charge in [0, 0.05) is 24.9 Å². The molecule has 2 atom stereocenters. The molecule has 0 N–H and O–H groups in total. The number of aryl methyl sites for hydroxylation is 1. The first-order valence-electron chi connectivity index (χ1n) is 6.39. The van der Waals surface area contributed by atoms with Gasteiger partial charge in [0.1, 0.15) is 11.6 Å². The Morgan fingerprint density at radius 2 is 2.28 bits per heavy atom. The molecule has 0 bridgehead atoms. The molecule has 96 valence electrons. The molecule has 18 heavy (non-hydrogen) atoms. The minimum atomic E-state index is -0.232. The van der Waals surface area contributed by atoms with Crippen molar-refractivity contribution >= 4 is 22.6 Å². The van der Waals surface area contributed by atoms with Crippen molar-refractivity contribution in [1.29, 1.82) is 0 Å². The van der Waals surface area contributed by atoms with Gasteiger partial charge in [-0.1, -0.05) is 6.92 Å². The van der Waals surface area contributed by atoms with Crippen molar-refractivity contribution in [2.75, 3.05) is 5.88 Å². The van der Waals surface area contributed by atoms with Crippen LogP contribution < -0.4 is 0 Å². The predicted octanol–water partition coefficient (Wildman–Crippen LogP) is 3.61. The summed E-state index contributed by atoms with van der Waals surface area (Å²) < 4.78 is 15.4. The summed E-state index contributed by atoms with van der Waals surface area (Å²) in [6.45, 7) is 3.25. The molecule has 0 spiro atoms. The Kier molecular flexibility index (Phi) is 3.02. The molecule has 3 rings (SSSR count). The second-order valence-corrected chi connectivity index (χ2v) is 5.56. The molecule has 0 aliphatic heterocycles. The number of alkyl halides is 1. The van der Waals surface area contributed by atoms with Crippen molar-refractivity contribution in [1.82, 2.24) is 9.55 Å². The lowest BCUT2D eigenvalue weighted by molar-refractivity contribution is 0.584. The topological polar surface area (TPSA) is 17.8 Å². The largest absolute Gasteiger partial charge is 0.328 e. The summed E-state index contributed by atoms with van der Waals surface area (Å²) in [4.78, 5) is 4.51. The van der Waals surface area contributed by atoms with Gasteiger partial charge in [-0.3, -0.25) is 0 Å². The first-order chi connectivity index (χ1) is 8.69. The van der Waals surface area contributed by atoms with Gasteiger partial charge in [0.2, 0.25) is 0 Å². The summed E-state index contributed by atoms with van der Waals surface area (Å²) in [5.74, 6) is 2.83. The Balaban J connectivity index is 2.03. The molecule has 1 heterocycles. The maximum absolute atomic E-state index is 13.2. The molecule has 4 heteroatoms. The summed E-state index contributed by atoms with van der Waals surface area (Å²) in [6.07, 6.45) is 2.01. The molecule has 2 nitrogen and oxygen atoms in total. The molecule has 0 radical (unpaired) electrons. The summed E-state index contributed by atoms with van der Waals surface area (Å²) >= 11 is 5.82. The molecule has 1 fully saturated rings. The minimum absolute atomic E-state index is 0.232. The van der Waals surface area contributed by atoms with Crippen LogP contribution in [0.15, 0.2) is 18.2 Å². The van der Waals surface area contributed by atoms with Crippen molar-refractivity contribution in [2.24, 2.45) is 11.8 Å². The minimum Gasteiger partial charge on any atom is -0.328 e. The van der Waals surface area contributed by atoms with Gasteiger partial charge in [0.15, 0.2) is 0 Å². The number of benzene rings is 1. The maximum Gasteiger partial charge on any atom is 0.125 e. The van der Waals surface area contributed by atoms with Crippen molar-refractivity contribution in [2.45, 2.75) is 26.3 Å². The van der Waals surface area contributed by atoms with E-state index in [9.17, 15) is 4.39 Å². The van der Waals surface area contributed by atoms with Gasteiger partial charge < -0.3 is 4.57 Å². The van der Waals surface area contributed by atoms with Crippen LogP contribution in [0.25, 0.3) is 11.0 Å². The number of imidazole rings is 1. The molecule has 1 aromatic heterocycles.